The van der Waals surface area contributed by atoms with Gasteiger partial charge in [0.1, 0.15) is 5.56 Å². The van der Waals surface area contributed by atoms with E-state index in [1.807, 2.05) is 102 Å². The third kappa shape index (κ3) is 3.72. The summed E-state index contributed by atoms with van der Waals surface area (Å²) in [5, 5.41) is 7.83. The first-order valence-electron chi connectivity index (χ1n) is 9.70. The van der Waals surface area contributed by atoms with E-state index in [4.69, 9.17) is 5.10 Å². The SMILES string of the molecule is Cc1ccc(-n2nc(C)c(C(=O)N[C@@H](C)c3ccccc3)c2-n2cccc2)cc1. The quantitative estimate of drug-likeness (QED) is 0.539. The van der Waals surface area contributed by atoms with E-state index in [0.717, 1.165) is 17.1 Å². The molecule has 1 amide bonds. The fourth-order valence-corrected chi connectivity index (χ4v) is 3.45. The van der Waals surface area contributed by atoms with Crippen molar-refractivity contribution in [3.05, 3.63) is 102 Å². The average Bonchev–Trinajstić information content (AvgIpc) is 3.36. The summed E-state index contributed by atoms with van der Waals surface area (Å²) in [5.41, 5.74) is 4.41. The topological polar surface area (TPSA) is 51.9 Å². The first-order chi connectivity index (χ1) is 14.0. The molecule has 0 saturated heterocycles. The first kappa shape index (κ1) is 18.7. The zero-order valence-electron chi connectivity index (χ0n) is 16.8. The lowest BCUT2D eigenvalue weighted by atomic mass is 10.1. The van der Waals surface area contributed by atoms with E-state index in [0.29, 0.717) is 11.3 Å². The number of hydrogen-bond donors (Lipinski definition) is 1. The third-order valence-electron chi connectivity index (χ3n) is 5.04. The lowest BCUT2D eigenvalue weighted by Crippen LogP contribution is -2.28. The predicted molar refractivity (Wildman–Crippen MR) is 115 cm³/mol. The van der Waals surface area contributed by atoms with Gasteiger partial charge in [0.25, 0.3) is 5.91 Å². The minimum absolute atomic E-state index is 0.108. The number of rotatable bonds is 5. The Hall–Kier alpha value is -3.60. The van der Waals surface area contributed by atoms with Gasteiger partial charge in [-0.05, 0) is 50.6 Å². The number of amides is 1. The maximum Gasteiger partial charge on any atom is 0.257 e. The maximum absolute atomic E-state index is 13.3. The molecular weight excluding hydrogens is 360 g/mol. The minimum Gasteiger partial charge on any atom is -0.345 e. The second-order valence-corrected chi connectivity index (χ2v) is 7.23. The molecule has 1 atom stereocenters. The van der Waals surface area contributed by atoms with E-state index >= 15 is 0 Å². The summed E-state index contributed by atoms with van der Waals surface area (Å²) in [4.78, 5) is 13.3. The number of hydrogen-bond acceptors (Lipinski definition) is 2. The van der Waals surface area contributed by atoms with Gasteiger partial charge in [-0.25, -0.2) is 4.68 Å². The van der Waals surface area contributed by atoms with E-state index in [-0.39, 0.29) is 11.9 Å². The van der Waals surface area contributed by atoms with Crippen LogP contribution in [0.3, 0.4) is 0 Å². The number of benzene rings is 2. The van der Waals surface area contributed by atoms with Crippen LogP contribution in [0, 0.1) is 13.8 Å². The minimum atomic E-state index is -0.138. The molecule has 0 fully saturated rings. The van der Waals surface area contributed by atoms with E-state index in [1.165, 1.54) is 5.56 Å². The van der Waals surface area contributed by atoms with Crippen LogP contribution in [-0.2, 0) is 0 Å². The molecule has 0 spiro atoms. The Bertz CT molecular complexity index is 1110. The Morgan fingerprint density at radius 1 is 0.931 bits per heavy atom. The molecule has 29 heavy (non-hydrogen) atoms. The van der Waals surface area contributed by atoms with Gasteiger partial charge in [0.2, 0.25) is 0 Å². The third-order valence-corrected chi connectivity index (χ3v) is 5.04. The van der Waals surface area contributed by atoms with E-state index in [9.17, 15) is 4.79 Å². The van der Waals surface area contributed by atoms with E-state index in [2.05, 4.69) is 12.2 Å². The summed E-state index contributed by atoms with van der Waals surface area (Å²) in [6.45, 7) is 5.91. The second-order valence-electron chi connectivity index (χ2n) is 7.23. The van der Waals surface area contributed by atoms with Crippen molar-refractivity contribution in [2.24, 2.45) is 0 Å². The highest BCUT2D eigenvalue weighted by Crippen LogP contribution is 2.24. The number of nitrogens with one attached hydrogen (secondary N) is 1. The average molecular weight is 384 g/mol. The number of carbonyl (C=O) groups excluding carboxylic acids is 1. The molecule has 2 aromatic carbocycles. The lowest BCUT2D eigenvalue weighted by Gasteiger charge is -2.16. The highest BCUT2D eigenvalue weighted by atomic mass is 16.1. The smallest absolute Gasteiger partial charge is 0.257 e. The number of aryl methyl sites for hydroxylation is 2. The van der Waals surface area contributed by atoms with Gasteiger partial charge >= 0.3 is 0 Å². The molecule has 0 aliphatic heterocycles. The summed E-state index contributed by atoms with van der Waals surface area (Å²) < 4.78 is 3.76. The van der Waals surface area contributed by atoms with Crippen LogP contribution < -0.4 is 5.32 Å². The lowest BCUT2D eigenvalue weighted by molar-refractivity contribution is 0.0939. The molecule has 4 rings (SSSR count). The van der Waals surface area contributed by atoms with Crippen molar-refractivity contribution in [3.8, 4) is 11.5 Å². The summed E-state index contributed by atoms with van der Waals surface area (Å²) >= 11 is 0. The Balaban J connectivity index is 1.77. The molecule has 4 aromatic rings. The highest BCUT2D eigenvalue weighted by Gasteiger charge is 2.24. The van der Waals surface area contributed by atoms with Gasteiger partial charge in [-0.2, -0.15) is 5.10 Å². The van der Waals surface area contributed by atoms with Gasteiger partial charge in [-0.1, -0.05) is 48.0 Å². The Labute approximate surface area is 170 Å². The summed E-state index contributed by atoms with van der Waals surface area (Å²) in [5.74, 6) is 0.593. The second kappa shape index (κ2) is 7.80. The molecule has 0 unspecified atom stereocenters. The zero-order valence-corrected chi connectivity index (χ0v) is 16.8. The monoisotopic (exact) mass is 384 g/mol. The Morgan fingerprint density at radius 3 is 2.24 bits per heavy atom. The van der Waals surface area contributed by atoms with Gasteiger partial charge in [-0.15, -0.1) is 0 Å². The van der Waals surface area contributed by atoms with Crippen molar-refractivity contribution in [3.63, 3.8) is 0 Å². The van der Waals surface area contributed by atoms with Crippen molar-refractivity contribution >= 4 is 5.91 Å². The fraction of sp³-hybridized carbons (Fsp3) is 0.167. The van der Waals surface area contributed by atoms with Crippen LogP contribution in [0.2, 0.25) is 0 Å². The van der Waals surface area contributed by atoms with Crippen molar-refractivity contribution in [1.29, 1.82) is 0 Å². The summed E-state index contributed by atoms with van der Waals surface area (Å²) in [7, 11) is 0. The van der Waals surface area contributed by atoms with Gasteiger partial charge in [0.05, 0.1) is 17.4 Å². The molecule has 1 N–H and O–H groups in total. The number of aromatic nitrogens is 3. The molecule has 0 bridgehead atoms. The van der Waals surface area contributed by atoms with Crippen LogP contribution >= 0.6 is 0 Å². The van der Waals surface area contributed by atoms with Crippen molar-refractivity contribution < 1.29 is 4.79 Å². The predicted octanol–water partition coefficient (Wildman–Crippen LogP) is 4.77. The van der Waals surface area contributed by atoms with E-state index in [1.54, 1.807) is 0 Å². The molecular formula is C24H24N4O. The van der Waals surface area contributed by atoms with Crippen LogP contribution in [0.5, 0.6) is 0 Å². The summed E-state index contributed by atoms with van der Waals surface area (Å²) in [6.07, 6.45) is 3.86. The van der Waals surface area contributed by atoms with Gasteiger partial charge in [-0.3, -0.25) is 4.79 Å². The van der Waals surface area contributed by atoms with Crippen LogP contribution in [0.25, 0.3) is 11.5 Å². The summed E-state index contributed by atoms with van der Waals surface area (Å²) in [6, 6.07) is 21.8. The normalized spacial score (nSPS) is 12.0. The van der Waals surface area contributed by atoms with Gasteiger partial charge < -0.3 is 9.88 Å². The van der Waals surface area contributed by atoms with Crippen LogP contribution in [0.15, 0.2) is 79.1 Å². The zero-order chi connectivity index (χ0) is 20.4. The molecule has 2 heterocycles. The van der Waals surface area contributed by atoms with Crippen LogP contribution in [0.4, 0.5) is 0 Å². The molecule has 0 radical (unpaired) electrons. The molecule has 0 aliphatic rings. The van der Waals surface area contributed by atoms with Crippen molar-refractivity contribution in [1.82, 2.24) is 19.7 Å². The van der Waals surface area contributed by atoms with Crippen LogP contribution in [0.1, 0.15) is 40.1 Å². The number of carbonyl (C=O) groups is 1. The van der Waals surface area contributed by atoms with Gasteiger partial charge in [0.15, 0.2) is 5.82 Å². The highest BCUT2D eigenvalue weighted by molar-refractivity contribution is 5.99. The fourth-order valence-electron chi connectivity index (χ4n) is 3.45. The maximum atomic E-state index is 13.3. The van der Waals surface area contributed by atoms with Crippen molar-refractivity contribution in [2.75, 3.05) is 0 Å². The standard InChI is InChI=1S/C24H24N4O/c1-17-11-13-21(14-12-17)28-24(27-15-7-8-16-27)22(19(3)26-28)23(29)25-18(2)20-9-5-4-6-10-20/h4-16,18H,1-3H3,(H,25,29)/t18-/m0/s1. The molecule has 5 heteroatoms. The Morgan fingerprint density at radius 2 is 1.59 bits per heavy atom. The molecule has 146 valence electrons. The molecule has 2 aromatic heterocycles. The van der Waals surface area contributed by atoms with Gasteiger partial charge in [0, 0.05) is 12.4 Å². The number of nitrogens with zero attached hydrogens (tertiary/aromatic N) is 3. The first-order valence-corrected chi connectivity index (χ1v) is 9.70. The van der Waals surface area contributed by atoms with Crippen LogP contribution in [-0.4, -0.2) is 20.3 Å². The largest absolute Gasteiger partial charge is 0.345 e. The molecule has 0 saturated carbocycles. The van der Waals surface area contributed by atoms with E-state index < -0.39 is 0 Å². The van der Waals surface area contributed by atoms with Crippen molar-refractivity contribution in [2.45, 2.75) is 26.8 Å². The molecule has 0 aliphatic carbocycles. The Kier molecular flexibility index (Phi) is 5.04. The molecule has 5 nitrogen and oxygen atoms in total.